The first kappa shape index (κ1) is 23.1. The Hall–Kier alpha value is -5.00. The Morgan fingerprint density at radius 1 is 1.05 bits per heavy atom. The van der Waals surface area contributed by atoms with Gasteiger partial charge in [-0.1, -0.05) is 12.1 Å². The van der Waals surface area contributed by atoms with Crippen LogP contribution in [-0.4, -0.2) is 36.4 Å². The Balaban J connectivity index is 1.27. The van der Waals surface area contributed by atoms with Crippen molar-refractivity contribution in [3.8, 4) is 11.4 Å². The molecule has 12 heteroatoms. The number of nitrogens with one attached hydrogen (secondary N) is 2. The van der Waals surface area contributed by atoms with Gasteiger partial charge in [-0.15, -0.1) is 0 Å². The van der Waals surface area contributed by atoms with E-state index in [0.29, 0.717) is 28.1 Å². The molecule has 2 amide bonds. The van der Waals surface area contributed by atoms with E-state index in [2.05, 4.69) is 25.8 Å². The second-order valence-electron chi connectivity index (χ2n) is 9.44. The van der Waals surface area contributed by atoms with Crippen LogP contribution in [0.3, 0.4) is 0 Å². The van der Waals surface area contributed by atoms with Gasteiger partial charge in [0.25, 0.3) is 11.8 Å². The van der Waals surface area contributed by atoms with Crippen LogP contribution < -0.4 is 10.6 Å². The molecule has 9 nitrogen and oxygen atoms in total. The van der Waals surface area contributed by atoms with Gasteiger partial charge in [0, 0.05) is 34.8 Å². The second-order valence-corrected chi connectivity index (χ2v) is 9.44. The number of rotatable bonds is 5. The highest BCUT2D eigenvalue weighted by atomic mass is 19.4. The van der Waals surface area contributed by atoms with Crippen LogP contribution in [0.5, 0.6) is 0 Å². The molecule has 2 aliphatic rings. The van der Waals surface area contributed by atoms with Crippen LogP contribution in [0.4, 0.5) is 24.7 Å². The summed E-state index contributed by atoms with van der Waals surface area (Å²) in [5, 5.41) is 15.2. The predicted molar refractivity (Wildman–Crippen MR) is 135 cm³/mol. The summed E-state index contributed by atoms with van der Waals surface area (Å²) in [5.74, 6) is -0.283. The maximum absolute atomic E-state index is 13.9. The molecule has 1 fully saturated rings. The average Bonchev–Trinajstić information content (AvgIpc) is 3.29. The highest BCUT2D eigenvalue weighted by Gasteiger charge is 2.36. The van der Waals surface area contributed by atoms with Gasteiger partial charge < -0.3 is 10.6 Å². The van der Waals surface area contributed by atoms with Gasteiger partial charge in [-0.2, -0.15) is 23.4 Å². The zero-order chi connectivity index (χ0) is 26.9. The minimum Gasteiger partial charge on any atom is -0.322 e. The lowest BCUT2D eigenvalue weighted by Gasteiger charge is -2.15. The van der Waals surface area contributed by atoms with Crippen molar-refractivity contribution in [3.63, 3.8) is 0 Å². The van der Waals surface area contributed by atoms with Crippen LogP contribution in [0.25, 0.3) is 22.1 Å². The number of amides is 2. The minimum atomic E-state index is -4.66. The zero-order valence-corrected chi connectivity index (χ0v) is 20.0. The number of nitrogens with zero attached hydrogens (tertiary/aromatic N) is 5. The number of anilines is 2. The zero-order valence-electron chi connectivity index (χ0n) is 20.0. The Labute approximate surface area is 218 Å². The highest BCUT2D eigenvalue weighted by molar-refractivity contribution is 6.24. The van der Waals surface area contributed by atoms with Crippen LogP contribution in [0.15, 0.2) is 67.3 Å². The molecule has 2 N–H and O–H groups in total. The molecule has 3 aromatic heterocycles. The Morgan fingerprint density at radius 3 is 2.64 bits per heavy atom. The van der Waals surface area contributed by atoms with Crippen molar-refractivity contribution in [1.29, 1.82) is 0 Å². The van der Waals surface area contributed by atoms with Gasteiger partial charge in [-0.05, 0) is 43.2 Å². The molecule has 39 heavy (non-hydrogen) atoms. The summed E-state index contributed by atoms with van der Waals surface area (Å²) in [6, 6.07) is 10.4. The van der Waals surface area contributed by atoms with Crippen LogP contribution in [0, 0.1) is 0 Å². The van der Waals surface area contributed by atoms with E-state index in [1.807, 2.05) is 6.07 Å². The number of hydrogen-bond acceptors (Lipinski definition) is 5. The van der Waals surface area contributed by atoms with Crippen molar-refractivity contribution < 1.29 is 22.8 Å². The van der Waals surface area contributed by atoms with E-state index in [0.717, 1.165) is 29.0 Å². The van der Waals surface area contributed by atoms with Gasteiger partial charge >= 0.3 is 6.18 Å². The van der Waals surface area contributed by atoms with Crippen molar-refractivity contribution in [2.75, 3.05) is 10.6 Å². The van der Waals surface area contributed by atoms with Gasteiger partial charge in [0.15, 0.2) is 0 Å². The summed E-state index contributed by atoms with van der Waals surface area (Å²) in [6.07, 6.45) is 2.84. The molecule has 2 aromatic carbocycles. The normalized spacial score (nSPS) is 14.6. The van der Waals surface area contributed by atoms with Gasteiger partial charge in [-0.3, -0.25) is 9.59 Å². The van der Waals surface area contributed by atoms with Crippen molar-refractivity contribution in [3.05, 3.63) is 89.6 Å². The van der Waals surface area contributed by atoms with E-state index >= 15 is 0 Å². The van der Waals surface area contributed by atoms with E-state index in [9.17, 15) is 22.8 Å². The first-order valence-corrected chi connectivity index (χ1v) is 12.1. The smallest absolute Gasteiger partial charge is 0.322 e. The largest absolute Gasteiger partial charge is 0.418 e. The third-order valence-corrected chi connectivity index (χ3v) is 6.92. The number of aromatic nitrogens is 5. The molecular formula is C27H18F3N7O2. The maximum Gasteiger partial charge on any atom is 0.418 e. The quantitative estimate of drug-likeness (QED) is 0.321. The molecule has 0 saturated heterocycles. The Bertz CT molecular complexity index is 1800. The first-order valence-electron chi connectivity index (χ1n) is 12.1. The molecule has 4 heterocycles. The van der Waals surface area contributed by atoms with Crippen LogP contribution in [0.1, 0.15) is 50.7 Å². The molecule has 0 radical (unpaired) electrons. The Kier molecular flexibility index (Phi) is 4.90. The van der Waals surface area contributed by atoms with E-state index in [-0.39, 0.29) is 28.8 Å². The van der Waals surface area contributed by atoms with Crippen LogP contribution in [0.2, 0.25) is 0 Å². The highest BCUT2D eigenvalue weighted by Crippen LogP contribution is 2.44. The van der Waals surface area contributed by atoms with Gasteiger partial charge in [0.1, 0.15) is 5.82 Å². The van der Waals surface area contributed by atoms with E-state index in [4.69, 9.17) is 0 Å². The summed E-state index contributed by atoms with van der Waals surface area (Å²) in [6.45, 7) is 0. The molecule has 1 aliphatic heterocycles. The fraction of sp³-hybridized carbons (Fsp3) is 0.148. The monoisotopic (exact) mass is 529 g/mol. The lowest BCUT2D eigenvalue weighted by atomic mass is 10.1. The number of alkyl halides is 3. The van der Waals surface area contributed by atoms with Gasteiger partial charge in [-0.25, -0.2) is 14.3 Å². The predicted octanol–water partition coefficient (Wildman–Crippen LogP) is 5.32. The Morgan fingerprint density at radius 2 is 1.90 bits per heavy atom. The summed E-state index contributed by atoms with van der Waals surface area (Å²) >= 11 is 0. The molecular weight excluding hydrogens is 511 g/mol. The summed E-state index contributed by atoms with van der Waals surface area (Å²) < 4.78 is 44.4. The van der Waals surface area contributed by atoms with Crippen molar-refractivity contribution in [2.24, 2.45) is 0 Å². The topological polar surface area (TPSA) is 107 Å². The second kappa shape index (κ2) is 8.25. The summed E-state index contributed by atoms with van der Waals surface area (Å²) in [7, 11) is 0. The standard InChI is InChI=1S/C27H18F3N7O2/c28-27(29,30)19-11-15(7-8-20(19)36-10-2-9-32-36)34-26(39)18-12-33-37(23(18)14-5-6-14)21-13-31-24-22-16(21)3-1-4-17(22)25(38)35-24/h1-4,7-14H,5-6H2,(H,34,39)(H,31,35,38). The summed E-state index contributed by atoms with van der Waals surface area (Å²) in [4.78, 5) is 30.1. The first-order chi connectivity index (χ1) is 18.8. The number of halogens is 3. The third-order valence-electron chi connectivity index (χ3n) is 6.92. The molecule has 0 bridgehead atoms. The van der Waals surface area contributed by atoms with Crippen LogP contribution >= 0.6 is 0 Å². The molecule has 1 saturated carbocycles. The number of pyridine rings is 1. The van der Waals surface area contributed by atoms with Gasteiger partial charge in [0.05, 0.1) is 46.2 Å². The van der Waals surface area contributed by atoms with Crippen molar-refractivity contribution in [2.45, 2.75) is 24.9 Å². The molecule has 0 atom stereocenters. The fourth-order valence-corrected chi connectivity index (χ4v) is 5.03. The molecule has 0 unspecified atom stereocenters. The third kappa shape index (κ3) is 3.75. The lowest BCUT2D eigenvalue weighted by Crippen LogP contribution is -2.16. The molecule has 194 valence electrons. The van der Waals surface area contributed by atoms with E-state index in [1.165, 1.54) is 36.8 Å². The molecule has 1 aliphatic carbocycles. The van der Waals surface area contributed by atoms with Crippen molar-refractivity contribution in [1.82, 2.24) is 24.5 Å². The van der Waals surface area contributed by atoms with E-state index < -0.39 is 17.6 Å². The maximum atomic E-state index is 13.9. The number of carbonyl (C=O) groups is 2. The molecule has 5 aromatic rings. The molecule has 7 rings (SSSR count). The molecule has 0 spiro atoms. The lowest BCUT2D eigenvalue weighted by molar-refractivity contribution is -0.137. The fourth-order valence-electron chi connectivity index (χ4n) is 5.03. The summed E-state index contributed by atoms with van der Waals surface area (Å²) in [5.41, 5.74) is 0.948. The van der Waals surface area contributed by atoms with Gasteiger partial charge in [0.2, 0.25) is 0 Å². The van der Waals surface area contributed by atoms with E-state index in [1.54, 1.807) is 23.0 Å². The minimum absolute atomic E-state index is 0.00526. The van der Waals surface area contributed by atoms with Crippen molar-refractivity contribution >= 4 is 34.1 Å². The SMILES string of the molecule is O=C(Nc1ccc(-n2cccn2)c(C(F)(F)F)c1)c1cnn(-c2cnc3c4c(cccc24)C(=O)N3)c1C1CC1. The average molecular weight is 529 g/mol. The number of carbonyl (C=O) groups excluding carboxylic acids is 2. The number of benzene rings is 2. The number of hydrogen-bond donors (Lipinski definition) is 2. The van der Waals surface area contributed by atoms with Crippen LogP contribution in [-0.2, 0) is 6.18 Å².